The minimum Gasteiger partial charge on any atom is -0.258 e. The first-order chi connectivity index (χ1) is 10.7. The zero-order chi connectivity index (χ0) is 17.2. The van der Waals surface area contributed by atoms with E-state index >= 15 is 0 Å². The summed E-state index contributed by atoms with van der Waals surface area (Å²) in [4.78, 5) is 10.0. The van der Waals surface area contributed by atoms with Crippen LogP contribution in [0.3, 0.4) is 0 Å². The number of nitro groups is 1. The van der Waals surface area contributed by atoms with Crippen LogP contribution in [0.15, 0.2) is 41.3 Å². The highest BCUT2D eigenvalue weighted by Crippen LogP contribution is 2.24. The average molecular weight is 375 g/mol. The largest absolute Gasteiger partial charge is 0.270 e. The molecule has 0 saturated carbocycles. The second-order valence-corrected chi connectivity index (χ2v) is 7.35. The van der Waals surface area contributed by atoms with Crippen LogP contribution in [-0.4, -0.2) is 13.3 Å². The van der Waals surface area contributed by atoms with Crippen LogP contribution in [-0.2, 0) is 16.6 Å². The van der Waals surface area contributed by atoms with E-state index in [0.29, 0.717) is 21.2 Å². The highest BCUT2D eigenvalue weighted by molar-refractivity contribution is 7.89. The van der Waals surface area contributed by atoms with E-state index in [1.54, 1.807) is 19.1 Å². The summed E-state index contributed by atoms with van der Waals surface area (Å²) in [6.45, 7) is 1.51. The Morgan fingerprint density at radius 3 is 2.48 bits per heavy atom. The molecule has 0 fully saturated rings. The smallest absolute Gasteiger partial charge is 0.258 e. The van der Waals surface area contributed by atoms with E-state index in [0.717, 1.165) is 6.07 Å². The van der Waals surface area contributed by atoms with Gasteiger partial charge in [0.2, 0.25) is 10.0 Å². The second-order valence-electron chi connectivity index (χ2n) is 4.77. The molecule has 0 aliphatic carbocycles. The van der Waals surface area contributed by atoms with Crippen molar-refractivity contribution in [1.29, 1.82) is 0 Å². The predicted octanol–water partition coefficient (Wildman–Crippen LogP) is 3.69. The fourth-order valence-electron chi connectivity index (χ4n) is 1.91. The van der Waals surface area contributed by atoms with E-state index in [1.807, 2.05) is 0 Å². The summed E-state index contributed by atoms with van der Waals surface area (Å²) in [7, 11) is -3.92. The van der Waals surface area contributed by atoms with Gasteiger partial charge in [-0.1, -0.05) is 35.3 Å². The molecule has 2 rings (SSSR count). The molecule has 2 aromatic carbocycles. The van der Waals surface area contributed by atoms with Crippen molar-refractivity contribution in [2.24, 2.45) is 0 Å². The molecule has 0 unspecified atom stereocenters. The highest BCUT2D eigenvalue weighted by atomic mass is 35.5. The van der Waals surface area contributed by atoms with Crippen LogP contribution in [0.2, 0.25) is 10.0 Å². The van der Waals surface area contributed by atoms with Crippen molar-refractivity contribution in [3.8, 4) is 0 Å². The first-order valence-corrected chi connectivity index (χ1v) is 8.63. The number of sulfonamides is 1. The first kappa shape index (κ1) is 17.7. The first-order valence-electron chi connectivity index (χ1n) is 6.39. The Morgan fingerprint density at radius 2 is 1.87 bits per heavy atom. The lowest BCUT2D eigenvalue weighted by molar-refractivity contribution is -0.385. The maximum atomic E-state index is 12.4. The van der Waals surface area contributed by atoms with Crippen molar-refractivity contribution < 1.29 is 13.3 Å². The number of rotatable bonds is 5. The van der Waals surface area contributed by atoms with Gasteiger partial charge in [-0.3, -0.25) is 10.1 Å². The highest BCUT2D eigenvalue weighted by Gasteiger charge is 2.20. The van der Waals surface area contributed by atoms with Crippen molar-refractivity contribution >= 4 is 38.9 Å². The number of nitrogens with one attached hydrogen (secondary N) is 1. The standard InChI is InChI=1S/C14H12Cl2N2O4S/c1-9-2-5-12(18(19)20)7-14(9)23(21,22)17-8-10-3-4-11(15)6-13(10)16/h2-7,17H,8H2,1H3. The summed E-state index contributed by atoms with van der Waals surface area (Å²) < 4.78 is 27.1. The number of halogens is 2. The number of nitrogens with zero attached hydrogens (tertiary/aromatic N) is 1. The summed E-state index contributed by atoms with van der Waals surface area (Å²) >= 11 is 11.8. The molecule has 2 aromatic rings. The van der Waals surface area contributed by atoms with E-state index in [9.17, 15) is 18.5 Å². The molecule has 0 aromatic heterocycles. The summed E-state index contributed by atoms with van der Waals surface area (Å²) in [6, 6.07) is 8.38. The third-order valence-electron chi connectivity index (χ3n) is 3.14. The molecule has 0 atom stereocenters. The predicted molar refractivity (Wildman–Crippen MR) is 88.3 cm³/mol. The molecular formula is C14H12Cl2N2O4S. The Kier molecular flexibility index (Phi) is 5.26. The molecule has 122 valence electrons. The maximum Gasteiger partial charge on any atom is 0.270 e. The number of hydrogen-bond acceptors (Lipinski definition) is 4. The van der Waals surface area contributed by atoms with E-state index < -0.39 is 14.9 Å². The summed E-state index contributed by atoms with van der Waals surface area (Å²) in [5.41, 5.74) is 0.661. The molecule has 23 heavy (non-hydrogen) atoms. The van der Waals surface area contributed by atoms with Crippen LogP contribution in [0.25, 0.3) is 0 Å². The van der Waals surface area contributed by atoms with Crippen molar-refractivity contribution in [2.45, 2.75) is 18.4 Å². The monoisotopic (exact) mass is 374 g/mol. The minimum absolute atomic E-state index is 0.0551. The number of aryl methyl sites for hydroxylation is 1. The van der Waals surface area contributed by atoms with Crippen molar-refractivity contribution in [2.75, 3.05) is 0 Å². The van der Waals surface area contributed by atoms with Crippen LogP contribution in [0, 0.1) is 17.0 Å². The van der Waals surface area contributed by atoms with Crippen LogP contribution in [0.1, 0.15) is 11.1 Å². The Hall–Kier alpha value is -1.67. The fourth-order valence-corrected chi connectivity index (χ4v) is 3.65. The van der Waals surface area contributed by atoms with Crippen molar-refractivity contribution in [3.05, 3.63) is 67.7 Å². The number of benzene rings is 2. The quantitative estimate of drug-likeness (QED) is 0.638. The van der Waals surface area contributed by atoms with Gasteiger partial charge in [0.25, 0.3) is 5.69 Å². The van der Waals surface area contributed by atoms with Crippen molar-refractivity contribution in [3.63, 3.8) is 0 Å². The third kappa shape index (κ3) is 4.20. The topological polar surface area (TPSA) is 89.3 Å². The van der Waals surface area contributed by atoms with Gasteiger partial charge in [-0.05, 0) is 30.2 Å². The van der Waals surface area contributed by atoms with Crippen LogP contribution in [0.5, 0.6) is 0 Å². The lowest BCUT2D eigenvalue weighted by atomic mass is 10.2. The van der Waals surface area contributed by atoms with Gasteiger partial charge in [0, 0.05) is 28.7 Å². The molecule has 0 aliphatic rings. The molecule has 0 spiro atoms. The van der Waals surface area contributed by atoms with Crippen LogP contribution in [0.4, 0.5) is 5.69 Å². The van der Waals surface area contributed by atoms with E-state index in [4.69, 9.17) is 23.2 Å². The summed E-state index contributed by atoms with van der Waals surface area (Å²) in [5, 5.41) is 11.6. The third-order valence-corrected chi connectivity index (χ3v) is 5.27. The van der Waals surface area contributed by atoms with Gasteiger partial charge in [0.15, 0.2) is 0 Å². The maximum absolute atomic E-state index is 12.4. The van der Waals surface area contributed by atoms with Gasteiger partial charge < -0.3 is 0 Å². The SMILES string of the molecule is Cc1ccc([N+](=O)[O-])cc1S(=O)(=O)NCc1ccc(Cl)cc1Cl. The van der Waals surface area contributed by atoms with Gasteiger partial charge in [0.05, 0.1) is 9.82 Å². The Bertz CT molecular complexity index is 869. The van der Waals surface area contributed by atoms with Crippen LogP contribution < -0.4 is 4.72 Å². The second kappa shape index (κ2) is 6.84. The molecule has 0 bridgehead atoms. The molecule has 0 amide bonds. The van der Waals surface area contributed by atoms with Gasteiger partial charge in [-0.25, -0.2) is 13.1 Å². The van der Waals surface area contributed by atoms with Gasteiger partial charge in [0.1, 0.15) is 0 Å². The van der Waals surface area contributed by atoms with E-state index in [2.05, 4.69) is 4.72 Å². The minimum atomic E-state index is -3.92. The molecule has 9 heteroatoms. The van der Waals surface area contributed by atoms with Gasteiger partial charge in [-0.15, -0.1) is 0 Å². The van der Waals surface area contributed by atoms with Gasteiger partial charge >= 0.3 is 0 Å². The number of nitro benzene ring substituents is 1. The molecule has 6 nitrogen and oxygen atoms in total. The Labute approximate surface area is 143 Å². The molecule has 0 aliphatic heterocycles. The average Bonchev–Trinajstić information content (AvgIpc) is 2.46. The fraction of sp³-hybridized carbons (Fsp3) is 0.143. The van der Waals surface area contributed by atoms with Crippen molar-refractivity contribution in [1.82, 2.24) is 4.72 Å². The normalized spacial score (nSPS) is 11.4. The zero-order valence-corrected chi connectivity index (χ0v) is 14.2. The number of non-ortho nitro benzene ring substituents is 1. The van der Waals surface area contributed by atoms with E-state index in [-0.39, 0.29) is 17.1 Å². The molecule has 1 N–H and O–H groups in total. The lowest BCUT2D eigenvalue weighted by Gasteiger charge is -2.10. The molecule has 0 radical (unpaired) electrons. The zero-order valence-electron chi connectivity index (χ0n) is 11.9. The molecule has 0 saturated heterocycles. The van der Waals surface area contributed by atoms with Crippen LogP contribution >= 0.6 is 23.2 Å². The Balaban J connectivity index is 2.28. The molecular weight excluding hydrogens is 363 g/mol. The van der Waals surface area contributed by atoms with Gasteiger partial charge in [-0.2, -0.15) is 0 Å². The van der Waals surface area contributed by atoms with E-state index in [1.165, 1.54) is 18.2 Å². The Morgan fingerprint density at radius 1 is 1.17 bits per heavy atom. The molecule has 0 heterocycles. The lowest BCUT2D eigenvalue weighted by Crippen LogP contribution is -2.24. The number of hydrogen-bond donors (Lipinski definition) is 1. The summed E-state index contributed by atoms with van der Waals surface area (Å²) in [5.74, 6) is 0. The summed E-state index contributed by atoms with van der Waals surface area (Å²) in [6.07, 6.45) is 0.